The quantitative estimate of drug-likeness (QED) is 0.233. The first-order valence-electron chi connectivity index (χ1n) is 10.1. The minimum absolute atomic E-state index is 0.0112. The number of fused-ring (bicyclic) bond motifs is 3. The first kappa shape index (κ1) is 20.1. The second-order valence-corrected chi connectivity index (χ2v) is 7.72. The van der Waals surface area contributed by atoms with Crippen LogP contribution in [0.2, 0.25) is 0 Å². The first-order chi connectivity index (χ1) is 16.3. The number of carbonyl (C=O) groups is 2. The lowest BCUT2D eigenvalue weighted by Gasteiger charge is -2.05. The number of Topliss-reactive ketones (excluding diaryl/α,β-unsaturated/α-hetero) is 2. The van der Waals surface area contributed by atoms with Crippen molar-refractivity contribution in [2.45, 2.75) is 6.18 Å². The Hall–Kier alpha value is -4.53. The molecule has 6 rings (SSSR count). The molecule has 0 bridgehead atoms. The molecule has 1 aliphatic rings. The summed E-state index contributed by atoms with van der Waals surface area (Å²) in [4.78, 5) is 34.0. The maximum Gasteiger partial charge on any atom is 0.416 e. The van der Waals surface area contributed by atoms with Crippen LogP contribution in [0, 0.1) is 0 Å². The minimum atomic E-state index is -4.45. The third-order valence-electron chi connectivity index (χ3n) is 5.58. The molecule has 5 aromatic rings. The number of aromatic nitrogens is 2. The van der Waals surface area contributed by atoms with Gasteiger partial charge in [-0.25, -0.2) is 0 Å². The molecule has 0 radical (unpaired) electrons. The highest BCUT2D eigenvalue weighted by Crippen LogP contribution is 2.34. The molecule has 2 heterocycles. The van der Waals surface area contributed by atoms with Crippen LogP contribution in [-0.2, 0) is 6.18 Å². The Morgan fingerprint density at radius 3 is 1.91 bits per heavy atom. The van der Waals surface area contributed by atoms with Gasteiger partial charge in [0.05, 0.1) is 11.1 Å². The molecular formula is C25H11F3N2O4. The van der Waals surface area contributed by atoms with Crippen LogP contribution in [0.5, 0.6) is 0 Å². The number of ketones is 2. The molecule has 1 aliphatic carbocycles. The summed E-state index contributed by atoms with van der Waals surface area (Å²) in [5.74, 6) is -0.881. The fraction of sp³-hybridized carbons (Fsp3) is 0.0400. The SMILES string of the molecule is O=C1C(=Cc2nc3oc(-c4ccc(C(F)(F)F)cc4)nc3o2)C(=O)c2cc3ccccc3cc21. The monoisotopic (exact) mass is 460 g/mol. The highest BCUT2D eigenvalue weighted by Gasteiger charge is 2.34. The number of hydrogen-bond acceptors (Lipinski definition) is 6. The zero-order valence-corrected chi connectivity index (χ0v) is 17.0. The van der Waals surface area contributed by atoms with E-state index in [1.165, 1.54) is 18.2 Å². The summed E-state index contributed by atoms with van der Waals surface area (Å²) in [6.07, 6.45) is -3.21. The van der Waals surface area contributed by atoms with Crippen LogP contribution in [0.4, 0.5) is 13.2 Å². The molecule has 0 N–H and O–H groups in total. The van der Waals surface area contributed by atoms with Gasteiger partial charge in [-0.2, -0.15) is 23.1 Å². The van der Waals surface area contributed by atoms with Crippen LogP contribution < -0.4 is 0 Å². The molecule has 3 aromatic carbocycles. The molecule has 6 nitrogen and oxygen atoms in total. The molecule has 0 aliphatic heterocycles. The fourth-order valence-electron chi connectivity index (χ4n) is 3.91. The van der Waals surface area contributed by atoms with E-state index in [1.807, 2.05) is 24.3 Å². The normalized spacial score (nSPS) is 13.8. The number of carbonyl (C=O) groups excluding carboxylic acids is 2. The predicted octanol–water partition coefficient (Wildman–Crippen LogP) is 6.12. The lowest BCUT2D eigenvalue weighted by atomic mass is 10.0. The summed E-state index contributed by atoms with van der Waals surface area (Å²) in [6, 6.07) is 15.1. The fourth-order valence-corrected chi connectivity index (χ4v) is 3.91. The van der Waals surface area contributed by atoms with Crippen molar-refractivity contribution in [2.24, 2.45) is 0 Å². The molecule has 9 heteroatoms. The maximum absolute atomic E-state index is 12.9. The van der Waals surface area contributed by atoms with Crippen molar-refractivity contribution in [1.82, 2.24) is 9.97 Å². The average molecular weight is 460 g/mol. The third-order valence-corrected chi connectivity index (χ3v) is 5.58. The van der Waals surface area contributed by atoms with Crippen LogP contribution in [0.3, 0.4) is 0 Å². The molecule has 0 atom stereocenters. The van der Waals surface area contributed by atoms with E-state index in [1.54, 1.807) is 12.1 Å². The maximum atomic E-state index is 12.9. The van der Waals surface area contributed by atoms with Gasteiger partial charge in [0.2, 0.25) is 11.8 Å². The van der Waals surface area contributed by atoms with Crippen molar-refractivity contribution < 1.29 is 31.6 Å². The number of alkyl halides is 3. The highest BCUT2D eigenvalue weighted by atomic mass is 19.4. The van der Waals surface area contributed by atoms with Crippen LogP contribution in [0.1, 0.15) is 32.2 Å². The van der Waals surface area contributed by atoms with E-state index < -0.39 is 23.3 Å². The van der Waals surface area contributed by atoms with Crippen LogP contribution >= 0.6 is 0 Å². The lowest BCUT2D eigenvalue weighted by Crippen LogP contribution is -2.03. The molecule has 0 spiro atoms. The van der Waals surface area contributed by atoms with Gasteiger partial charge in [0.15, 0.2) is 11.6 Å². The number of halogens is 3. The van der Waals surface area contributed by atoms with E-state index in [2.05, 4.69) is 9.97 Å². The van der Waals surface area contributed by atoms with Gasteiger partial charge in [-0.15, -0.1) is 0 Å². The van der Waals surface area contributed by atoms with E-state index in [9.17, 15) is 22.8 Å². The standard InChI is InChI=1S/C25H11F3N2O4/c26-25(27,28)15-7-5-12(6-8-15)22-30-24-23(34-22)29-19(33-24)11-18-20(31)16-9-13-3-1-2-4-14(13)10-17(16)21(18)32/h1-11H. The van der Waals surface area contributed by atoms with Crippen LogP contribution in [-0.4, -0.2) is 21.5 Å². The van der Waals surface area contributed by atoms with Gasteiger partial charge in [0, 0.05) is 22.8 Å². The second-order valence-electron chi connectivity index (χ2n) is 7.72. The van der Waals surface area contributed by atoms with Gasteiger partial charge < -0.3 is 8.83 Å². The zero-order valence-electron chi connectivity index (χ0n) is 17.0. The van der Waals surface area contributed by atoms with Crippen molar-refractivity contribution in [2.75, 3.05) is 0 Å². The molecule has 2 aromatic heterocycles. The second kappa shape index (κ2) is 6.98. The molecular weight excluding hydrogens is 449 g/mol. The Balaban J connectivity index is 1.32. The summed E-state index contributed by atoms with van der Waals surface area (Å²) in [5, 5.41) is 1.69. The van der Waals surface area contributed by atoms with E-state index in [0.29, 0.717) is 16.7 Å². The van der Waals surface area contributed by atoms with Crippen molar-refractivity contribution in [1.29, 1.82) is 0 Å². The third kappa shape index (κ3) is 3.13. The Morgan fingerprint density at radius 2 is 1.35 bits per heavy atom. The topological polar surface area (TPSA) is 86.2 Å². The lowest BCUT2D eigenvalue weighted by molar-refractivity contribution is -0.137. The Kier molecular flexibility index (Phi) is 4.13. The summed E-state index contributed by atoms with van der Waals surface area (Å²) < 4.78 is 49.2. The number of allylic oxidation sites excluding steroid dienone is 1. The number of rotatable bonds is 2. The van der Waals surface area contributed by atoms with Crippen LogP contribution in [0.15, 0.2) is 75.1 Å². The first-order valence-corrected chi connectivity index (χ1v) is 10.1. The molecule has 0 fully saturated rings. The highest BCUT2D eigenvalue weighted by molar-refractivity contribution is 6.41. The molecule has 0 unspecified atom stereocenters. The summed E-state index contributed by atoms with van der Waals surface area (Å²) in [5.41, 5.74) is 0.0341. The van der Waals surface area contributed by atoms with Crippen molar-refractivity contribution in [3.05, 3.63) is 88.8 Å². The summed E-state index contributed by atoms with van der Waals surface area (Å²) in [6.45, 7) is 0. The van der Waals surface area contributed by atoms with Gasteiger partial charge in [0.1, 0.15) is 0 Å². The number of nitrogens with zero attached hydrogens (tertiary/aromatic N) is 2. The van der Waals surface area contributed by atoms with E-state index in [-0.39, 0.29) is 28.8 Å². The molecule has 166 valence electrons. The van der Waals surface area contributed by atoms with Crippen molar-refractivity contribution >= 4 is 39.8 Å². The van der Waals surface area contributed by atoms with Gasteiger partial charge in [-0.3, -0.25) is 9.59 Å². The Bertz CT molecular complexity index is 1590. The van der Waals surface area contributed by atoms with E-state index >= 15 is 0 Å². The van der Waals surface area contributed by atoms with Crippen molar-refractivity contribution in [3.63, 3.8) is 0 Å². The largest absolute Gasteiger partial charge is 0.416 e. The smallest absolute Gasteiger partial charge is 0.415 e. The van der Waals surface area contributed by atoms with Gasteiger partial charge in [-0.1, -0.05) is 24.3 Å². The average Bonchev–Trinajstić information content (AvgIpc) is 3.45. The minimum Gasteiger partial charge on any atom is -0.415 e. The molecule has 0 saturated heterocycles. The molecule has 34 heavy (non-hydrogen) atoms. The summed E-state index contributed by atoms with van der Waals surface area (Å²) in [7, 11) is 0. The van der Waals surface area contributed by atoms with Gasteiger partial charge in [-0.05, 0) is 47.2 Å². The van der Waals surface area contributed by atoms with Gasteiger partial charge >= 0.3 is 6.18 Å². The van der Waals surface area contributed by atoms with Crippen LogP contribution in [0.25, 0.3) is 39.7 Å². The Morgan fingerprint density at radius 1 is 0.765 bits per heavy atom. The van der Waals surface area contributed by atoms with Gasteiger partial charge in [0.25, 0.3) is 11.4 Å². The Labute approximate surface area is 188 Å². The zero-order chi connectivity index (χ0) is 23.6. The molecule has 0 amide bonds. The molecule has 0 saturated carbocycles. The summed E-state index contributed by atoms with van der Waals surface area (Å²) >= 11 is 0. The number of oxazole rings is 2. The van der Waals surface area contributed by atoms with E-state index in [4.69, 9.17) is 8.83 Å². The predicted molar refractivity (Wildman–Crippen MR) is 115 cm³/mol. The number of benzene rings is 3. The van der Waals surface area contributed by atoms with Crippen molar-refractivity contribution in [3.8, 4) is 11.5 Å². The van der Waals surface area contributed by atoms with E-state index in [0.717, 1.165) is 22.9 Å². The number of hydrogen-bond donors (Lipinski definition) is 0.